The largest absolute Gasteiger partial charge is 0.478 e. The minimum Gasteiger partial charge on any atom is -0.478 e. The van der Waals surface area contributed by atoms with Crippen molar-refractivity contribution in [2.45, 2.75) is 19.9 Å². The number of aryl methyl sites for hydroxylation is 2. The molecule has 0 radical (unpaired) electrons. The van der Waals surface area contributed by atoms with Gasteiger partial charge in [0, 0.05) is 6.54 Å². The van der Waals surface area contributed by atoms with Gasteiger partial charge in [0.25, 0.3) is 0 Å². The van der Waals surface area contributed by atoms with E-state index in [2.05, 4.69) is 9.72 Å². The van der Waals surface area contributed by atoms with Crippen molar-refractivity contribution in [2.75, 3.05) is 7.11 Å². The van der Waals surface area contributed by atoms with Gasteiger partial charge in [0.1, 0.15) is 5.82 Å². The Hall–Kier alpha value is -2.37. The maximum atomic E-state index is 11.2. The smallest absolute Gasteiger partial charge is 0.335 e. The second-order valence-electron chi connectivity index (χ2n) is 4.15. The third-order valence-corrected chi connectivity index (χ3v) is 2.95. The number of carbonyl (C=O) groups is 2. The van der Waals surface area contributed by atoms with Gasteiger partial charge in [0.05, 0.1) is 30.1 Å². The van der Waals surface area contributed by atoms with Crippen LogP contribution in [0.4, 0.5) is 0 Å². The quantitative estimate of drug-likeness (QED) is 0.846. The van der Waals surface area contributed by atoms with Crippen LogP contribution in [0.15, 0.2) is 18.2 Å². The third kappa shape index (κ3) is 2.57. The van der Waals surface area contributed by atoms with Crippen LogP contribution in [0.1, 0.15) is 22.6 Å². The van der Waals surface area contributed by atoms with Gasteiger partial charge in [0.15, 0.2) is 0 Å². The molecule has 0 bridgehead atoms. The molecule has 0 unspecified atom stereocenters. The predicted molar refractivity (Wildman–Crippen MR) is 68.1 cm³/mol. The molecule has 0 spiro atoms. The number of carbonyl (C=O) groups excluding carboxylic acids is 1. The fourth-order valence-electron chi connectivity index (χ4n) is 1.96. The Morgan fingerprint density at radius 1 is 1.42 bits per heavy atom. The minimum atomic E-state index is -0.986. The summed E-state index contributed by atoms with van der Waals surface area (Å²) in [7, 11) is 1.34. The lowest BCUT2D eigenvalue weighted by atomic mass is 10.2. The van der Waals surface area contributed by atoms with Gasteiger partial charge in [-0.15, -0.1) is 0 Å². The van der Waals surface area contributed by atoms with Crippen LogP contribution in [0, 0.1) is 6.92 Å². The van der Waals surface area contributed by atoms with Crippen LogP contribution in [-0.2, 0) is 16.1 Å². The molecule has 19 heavy (non-hydrogen) atoms. The second kappa shape index (κ2) is 5.09. The molecule has 6 heteroatoms. The Bertz CT molecular complexity index is 645. The first-order chi connectivity index (χ1) is 9.02. The predicted octanol–water partition coefficient (Wildman–Crippen LogP) is 1.61. The van der Waals surface area contributed by atoms with Crippen molar-refractivity contribution < 1.29 is 19.4 Å². The molecule has 0 aliphatic carbocycles. The zero-order valence-corrected chi connectivity index (χ0v) is 10.7. The first kappa shape index (κ1) is 13.1. The van der Waals surface area contributed by atoms with Crippen LogP contribution in [0.25, 0.3) is 11.0 Å². The number of benzene rings is 1. The van der Waals surface area contributed by atoms with E-state index >= 15 is 0 Å². The molecular formula is C13H14N2O4. The van der Waals surface area contributed by atoms with E-state index in [1.165, 1.54) is 13.2 Å². The highest BCUT2D eigenvalue weighted by molar-refractivity contribution is 5.92. The number of carboxylic acid groups (broad SMARTS) is 1. The normalized spacial score (nSPS) is 10.6. The number of nitrogens with zero attached hydrogens (tertiary/aromatic N) is 2. The van der Waals surface area contributed by atoms with Gasteiger partial charge in [-0.05, 0) is 25.1 Å². The van der Waals surface area contributed by atoms with Gasteiger partial charge in [-0.25, -0.2) is 9.78 Å². The molecule has 100 valence electrons. The number of aromatic nitrogens is 2. The molecule has 0 saturated heterocycles. The summed E-state index contributed by atoms with van der Waals surface area (Å²) < 4.78 is 6.41. The van der Waals surface area contributed by atoms with Crippen LogP contribution in [0.2, 0.25) is 0 Å². The summed E-state index contributed by atoms with van der Waals surface area (Å²) in [6, 6.07) is 4.75. The van der Waals surface area contributed by atoms with E-state index < -0.39 is 5.97 Å². The Kier molecular flexibility index (Phi) is 3.50. The van der Waals surface area contributed by atoms with Crippen LogP contribution >= 0.6 is 0 Å². The highest BCUT2D eigenvalue weighted by Gasteiger charge is 2.12. The molecule has 1 heterocycles. The molecule has 1 aromatic carbocycles. The van der Waals surface area contributed by atoms with Crippen molar-refractivity contribution >= 4 is 23.0 Å². The van der Waals surface area contributed by atoms with Crippen molar-refractivity contribution in [3.63, 3.8) is 0 Å². The third-order valence-electron chi connectivity index (χ3n) is 2.95. The first-order valence-corrected chi connectivity index (χ1v) is 5.80. The van der Waals surface area contributed by atoms with Gasteiger partial charge in [0.2, 0.25) is 0 Å². The monoisotopic (exact) mass is 262 g/mol. The second-order valence-corrected chi connectivity index (χ2v) is 4.15. The number of hydrogen-bond donors (Lipinski definition) is 1. The first-order valence-electron chi connectivity index (χ1n) is 5.80. The number of ether oxygens (including phenoxy) is 1. The van der Waals surface area contributed by atoms with Crippen molar-refractivity contribution in [2.24, 2.45) is 0 Å². The lowest BCUT2D eigenvalue weighted by Gasteiger charge is -2.06. The van der Waals surface area contributed by atoms with E-state index in [9.17, 15) is 9.59 Å². The van der Waals surface area contributed by atoms with Crippen LogP contribution in [0.5, 0.6) is 0 Å². The van der Waals surface area contributed by atoms with Crippen LogP contribution < -0.4 is 0 Å². The summed E-state index contributed by atoms with van der Waals surface area (Å²) in [5.41, 5.74) is 1.63. The van der Waals surface area contributed by atoms with E-state index in [1.807, 2.05) is 11.5 Å². The molecule has 0 aliphatic rings. The highest BCUT2D eigenvalue weighted by Crippen LogP contribution is 2.18. The lowest BCUT2D eigenvalue weighted by Crippen LogP contribution is -2.08. The molecule has 0 aliphatic heterocycles. The lowest BCUT2D eigenvalue weighted by molar-refractivity contribution is -0.140. The standard InChI is InChI=1S/C13H14N2O4/c1-8-14-10-4-3-9(13(17)18)7-11(10)15(8)6-5-12(16)19-2/h3-4,7H,5-6H2,1-2H3,(H,17,18). The summed E-state index contributed by atoms with van der Waals surface area (Å²) in [5, 5.41) is 8.99. The molecule has 1 aromatic heterocycles. The molecule has 2 rings (SSSR count). The number of carboxylic acids is 1. The number of fused-ring (bicyclic) bond motifs is 1. The number of rotatable bonds is 4. The number of methoxy groups -OCH3 is 1. The van der Waals surface area contributed by atoms with Gasteiger partial charge in [-0.2, -0.15) is 0 Å². The Morgan fingerprint density at radius 2 is 2.16 bits per heavy atom. The Morgan fingerprint density at radius 3 is 2.79 bits per heavy atom. The highest BCUT2D eigenvalue weighted by atomic mass is 16.5. The van der Waals surface area contributed by atoms with E-state index in [4.69, 9.17) is 5.11 Å². The molecular weight excluding hydrogens is 248 g/mol. The average molecular weight is 262 g/mol. The van der Waals surface area contributed by atoms with E-state index in [1.54, 1.807) is 12.1 Å². The summed E-state index contributed by atoms with van der Waals surface area (Å²) in [4.78, 5) is 26.5. The van der Waals surface area contributed by atoms with E-state index in [-0.39, 0.29) is 18.0 Å². The fourth-order valence-corrected chi connectivity index (χ4v) is 1.96. The van der Waals surface area contributed by atoms with Crippen LogP contribution in [-0.4, -0.2) is 33.7 Å². The molecule has 0 saturated carbocycles. The molecule has 6 nitrogen and oxygen atoms in total. The van der Waals surface area contributed by atoms with E-state index in [0.717, 1.165) is 5.82 Å². The summed E-state index contributed by atoms with van der Waals surface area (Å²) in [6.07, 6.45) is 0.222. The van der Waals surface area contributed by atoms with Crippen LogP contribution in [0.3, 0.4) is 0 Å². The SMILES string of the molecule is COC(=O)CCn1c(C)nc2ccc(C(=O)O)cc21. The molecule has 2 aromatic rings. The maximum absolute atomic E-state index is 11.2. The van der Waals surface area contributed by atoms with Crippen molar-refractivity contribution in [3.05, 3.63) is 29.6 Å². The zero-order chi connectivity index (χ0) is 14.0. The van der Waals surface area contributed by atoms with Gasteiger partial charge < -0.3 is 14.4 Å². The number of hydrogen-bond acceptors (Lipinski definition) is 4. The molecule has 0 atom stereocenters. The zero-order valence-electron chi connectivity index (χ0n) is 10.7. The van der Waals surface area contributed by atoms with Gasteiger partial charge in [-0.1, -0.05) is 0 Å². The molecule has 0 fully saturated rings. The van der Waals surface area contributed by atoms with Gasteiger partial charge >= 0.3 is 11.9 Å². The van der Waals surface area contributed by atoms with Crippen molar-refractivity contribution in [1.82, 2.24) is 9.55 Å². The van der Waals surface area contributed by atoms with E-state index in [0.29, 0.717) is 17.6 Å². The van der Waals surface area contributed by atoms with Crippen molar-refractivity contribution in [1.29, 1.82) is 0 Å². The fraction of sp³-hybridized carbons (Fsp3) is 0.308. The molecule has 1 N–H and O–H groups in total. The Balaban J connectivity index is 2.41. The number of aromatic carboxylic acids is 1. The summed E-state index contributed by atoms with van der Waals surface area (Å²) in [5.74, 6) is -0.558. The topological polar surface area (TPSA) is 81.4 Å². The number of esters is 1. The summed E-state index contributed by atoms with van der Waals surface area (Å²) >= 11 is 0. The van der Waals surface area contributed by atoms with Crippen molar-refractivity contribution in [3.8, 4) is 0 Å². The average Bonchev–Trinajstić information content (AvgIpc) is 2.70. The Labute approximate surface area is 109 Å². The minimum absolute atomic E-state index is 0.201. The maximum Gasteiger partial charge on any atom is 0.335 e. The van der Waals surface area contributed by atoms with Gasteiger partial charge in [-0.3, -0.25) is 4.79 Å². The summed E-state index contributed by atoms with van der Waals surface area (Å²) in [6.45, 7) is 2.23. The number of imidazole rings is 1. The molecule has 0 amide bonds.